The number of thioether (sulfide) groups is 1. The van der Waals surface area contributed by atoms with Crippen LogP contribution in [0.1, 0.15) is 44.3 Å². The molecule has 2 aromatic carbocycles. The Labute approximate surface area is 207 Å². The fourth-order valence-corrected chi connectivity index (χ4v) is 5.79. The average Bonchev–Trinajstić information content (AvgIpc) is 3.31. The van der Waals surface area contributed by atoms with Gasteiger partial charge < -0.3 is 14.4 Å². The standard InChI is InChI=1S/C26H26N2O4S2/c1-17-27-21(15-33-17)16-34-22-5-2-19(3-6-22)26(30)28-10-8-18(9-11-28)25(29)20-4-7-23-24(14-20)32-13-12-31-23/h2-7,14-15,18H,8-13,16H2,1H3. The quantitative estimate of drug-likeness (QED) is 0.344. The van der Waals surface area contributed by atoms with Crippen molar-refractivity contribution in [2.24, 2.45) is 5.92 Å². The van der Waals surface area contributed by atoms with E-state index in [0.29, 0.717) is 61.8 Å². The number of aryl methyl sites for hydroxylation is 1. The van der Waals surface area contributed by atoms with E-state index < -0.39 is 0 Å². The fraction of sp³-hybridized carbons (Fsp3) is 0.346. The number of aromatic nitrogens is 1. The number of piperidine rings is 1. The Bertz CT molecular complexity index is 1180. The highest BCUT2D eigenvalue weighted by Crippen LogP contribution is 2.33. The first-order valence-corrected chi connectivity index (χ1v) is 13.3. The van der Waals surface area contributed by atoms with E-state index in [1.165, 1.54) is 0 Å². The van der Waals surface area contributed by atoms with Crippen molar-refractivity contribution in [1.82, 2.24) is 9.88 Å². The molecule has 3 aromatic rings. The summed E-state index contributed by atoms with van der Waals surface area (Å²) in [7, 11) is 0. The van der Waals surface area contributed by atoms with E-state index in [0.717, 1.165) is 21.3 Å². The Morgan fingerprint density at radius 1 is 1.03 bits per heavy atom. The molecule has 2 aliphatic rings. The number of amides is 1. The maximum atomic E-state index is 13.0. The molecule has 3 heterocycles. The topological polar surface area (TPSA) is 68.7 Å². The van der Waals surface area contributed by atoms with Crippen molar-refractivity contribution in [3.63, 3.8) is 0 Å². The Balaban J connectivity index is 1.14. The summed E-state index contributed by atoms with van der Waals surface area (Å²) in [6.07, 6.45) is 1.33. The van der Waals surface area contributed by atoms with Crippen LogP contribution in [0.5, 0.6) is 11.5 Å². The minimum absolute atomic E-state index is 0.0249. The maximum absolute atomic E-state index is 13.0. The molecule has 0 atom stereocenters. The number of ketones is 1. The third kappa shape index (κ3) is 5.13. The molecule has 0 saturated carbocycles. The Morgan fingerprint density at radius 2 is 1.74 bits per heavy atom. The lowest BCUT2D eigenvalue weighted by atomic mass is 9.88. The molecular weight excluding hydrogens is 468 g/mol. The van der Waals surface area contributed by atoms with Crippen molar-refractivity contribution in [3.8, 4) is 11.5 Å². The summed E-state index contributed by atoms with van der Waals surface area (Å²) in [5, 5.41) is 3.16. The summed E-state index contributed by atoms with van der Waals surface area (Å²) in [4.78, 5) is 33.5. The van der Waals surface area contributed by atoms with Crippen LogP contribution in [0.4, 0.5) is 0 Å². The predicted molar refractivity (Wildman–Crippen MR) is 133 cm³/mol. The van der Waals surface area contributed by atoms with Gasteiger partial charge >= 0.3 is 0 Å². The molecule has 0 aliphatic carbocycles. The molecule has 0 radical (unpaired) electrons. The second kappa shape index (κ2) is 10.2. The van der Waals surface area contributed by atoms with Crippen molar-refractivity contribution in [1.29, 1.82) is 0 Å². The number of thiazole rings is 1. The zero-order valence-electron chi connectivity index (χ0n) is 19.0. The molecule has 0 N–H and O–H groups in total. The molecule has 0 bridgehead atoms. The van der Waals surface area contributed by atoms with Gasteiger partial charge in [-0.3, -0.25) is 9.59 Å². The lowest BCUT2D eigenvalue weighted by molar-refractivity contribution is 0.0650. The fourth-order valence-electron chi connectivity index (χ4n) is 4.29. The minimum atomic E-state index is -0.0836. The number of hydrogen-bond acceptors (Lipinski definition) is 7. The summed E-state index contributed by atoms with van der Waals surface area (Å²) >= 11 is 3.38. The third-order valence-corrected chi connectivity index (χ3v) is 8.00. The average molecular weight is 495 g/mol. The second-order valence-electron chi connectivity index (χ2n) is 8.46. The van der Waals surface area contributed by atoms with E-state index in [1.807, 2.05) is 42.2 Å². The van der Waals surface area contributed by atoms with E-state index >= 15 is 0 Å². The summed E-state index contributed by atoms with van der Waals surface area (Å²) in [6.45, 7) is 4.20. The summed E-state index contributed by atoms with van der Waals surface area (Å²) in [6, 6.07) is 13.2. The van der Waals surface area contributed by atoms with E-state index in [2.05, 4.69) is 10.4 Å². The molecule has 1 aromatic heterocycles. The van der Waals surface area contributed by atoms with Gasteiger partial charge in [-0.05, 0) is 62.2 Å². The highest BCUT2D eigenvalue weighted by atomic mass is 32.2. The molecule has 1 amide bonds. The van der Waals surface area contributed by atoms with Gasteiger partial charge in [0.2, 0.25) is 0 Å². The summed E-state index contributed by atoms with van der Waals surface area (Å²) in [5.41, 5.74) is 2.42. The number of carbonyl (C=O) groups excluding carboxylic acids is 2. The predicted octanol–water partition coefficient (Wildman–Crippen LogP) is 5.25. The molecule has 6 nitrogen and oxygen atoms in total. The van der Waals surface area contributed by atoms with E-state index in [-0.39, 0.29) is 17.6 Å². The molecule has 5 rings (SSSR count). The van der Waals surface area contributed by atoms with Gasteiger partial charge in [0.05, 0.1) is 10.7 Å². The van der Waals surface area contributed by atoms with Gasteiger partial charge in [0.1, 0.15) is 13.2 Å². The highest BCUT2D eigenvalue weighted by molar-refractivity contribution is 7.98. The first kappa shape index (κ1) is 22.9. The number of Topliss-reactive ketones (excluding diaryl/α,β-unsaturated/α-hetero) is 1. The molecule has 0 spiro atoms. The number of nitrogens with zero attached hydrogens (tertiary/aromatic N) is 2. The van der Waals surface area contributed by atoms with Crippen molar-refractivity contribution in [2.45, 2.75) is 30.4 Å². The van der Waals surface area contributed by atoms with E-state index in [1.54, 1.807) is 35.2 Å². The smallest absolute Gasteiger partial charge is 0.253 e. The first-order chi connectivity index (χ1) is 16.6. The minimum Gasteiger partial charge on any atom is -0.486 e. The second-order valence-corrected chi connectivity index (χ2v) is 10.6. The molecule has 1 saturated heterocycles. The van der Waals surface area contributed by atoms with Gasteiger partial charge in [-0.1, -0.05) is 0 Å². The lowest BCUT2D eigenvalue weighted by Crippen LogP contribution is -2.40. The molecule has 1 fully saturated rings. The number of fused-ring (bicyclic) bond motifs is 1. The first-order valence-electron chi connectivity index (χ1n) is 11.4. The van der Waals surface area contributed by atoms with Gasteiger partial charge in [0, 0.05) is 46.2 Å². The number of carbonyl (C=O) groups is 2. The SMILES string of the molecule is Cc1nc(CSc2ccc(C(=O)N3CCC(C(=O)c4ccc5c(c4)OCCO5)CC3)cc2)cs1. The van der Waals surface area contributed by atoms with Crippen LogP contribution in [-0.4, -0.2) is 47.9 Å². The van der Waals surface area contributed by atoms with E-state index in [9.17, 15) is 9.59 Å². The van der Waals surface area contributed by atoms with Crippen molar-refractivity contribution in [2.75, 3.05) is 26.3 Å². The van der Waals surface area contributed by atoms with Gasteiger partial charge in [-0.2, -0.15) is 0 Å². The summed E-state index contributed by atoms with van der Waals surface area (Å²) in [5.74, 6) is 2.19. The molecular formula is C26H26N2O4S2. The number of hydrogen-bond donors (Lipinski definition) is 0. The van der Waals surface area contributed by atoms with Crippen LogP contribution in [0.3, 0.4) is 0 Å². The number of benzene rings is 2. The number of ether oxygens (including phenoxy) is 2. The normalized spacial score (nSPS) is 15.9. The van der Waals surface area contributed by atoms with Crippen molar-refractivity contribution in [3.05, 3.63) is 69.7 Å². The Morgan fingerprint density at radius 3 is 2.44 bits per heavy atom. The van der Waals surface area contributed by atoms with Crippen LogP contribution in [0.25, 0.3) is 0 Å². The molecule has 0 unspecified atom stereocenters. The zero-order chi connectivity index (χ0) is 23.5. The van der Waals surface area contributed by atoms with Crippen LogP contribution in [0.2, 0.25) is 0 Å². The van der Waals surface area contributed by atoms with Gasteiger partial charge in [0.15, 0.2) is 17.3 Å². The van der Waals surface area contributed by atoms with Crippen molar-refractivity contribution < 1.29 is 19.1 Å². The molecule has 8 heteroatoms. The number of likely N-dealkylation sites (tertiary alicyclic amines) is 1. The van der Waals surface area contributed by atoms with Crippen LogP contribution in [0, 0.1) is 12.8 Å². The van der Waals surface area contributed by atoms with Gasteiger partial charge in [-0.15, -0.1) is 23.1 Å². The highest BCUT2D eigenvalue weighted by Gasteiger charge is 2.29. The van der Waals surface area contributed by atoms with Crippen LogP contribution in [-0.2, 0) is 5.75 Å². The van der Waals surface area contributed by atoms with Gasteiger partial charge in [0.25, 0.3) is 5.91 Å². The summed E-state index contributed by atoms with van der Waals surface area (Å²) < 4.78 is 11.2. The van der Waals surface area contributed by atoms with Crippen molar-refractivity contribution >= 4 is 34.8 Å². The van der Waals surface area contributed by atoms with Crippen LogP contribution < -0.4 is 9.47 Å². The van der Waals surface area contributed by atoms with E-state index in [4.69, 9.17) is 9.47 Å². The maximum Gasteiger partial charge on any atom is 0.253 e. The monoisotopic (exact) mass is 494 g/mol. The number of rotatable bonds is 6. The zero-order valence-corrected chi connectivity index (χ0v) is 20.6. The molecule has 2 aliphatic heterocycles. The molecule has 34 heavy (non-hydrogen) atoms. The van der Waals surface area contributed by atoms with Crippen LogP contribution in [0.15, 0.2) is 52.7 Å². The van der Waals surface area contributed by atoms with Crippen LogP contribution >= 0.6 is 23.1 Å². The Kier molecular flexibility index (Phi) is 6.87. The molecule has 176 valence electrons. The lowest BCUT2D eigenvalue weighted by Gasteiger charge is -2.31. The third-order valence-electron chi connectivity index (χ3n) is 6.13. The Hall–Kier alpha value is -2.84. The largest absolute Gasteiger partial charge is 0.486 e. The van der Waals surface area contributed by atoms with Gasteiger partial charge in [-0.25, -0.2) is 4.98 Å².